The van der Waals surface area contributed by atoms with Crippen LogP contribution in [0.25, 0.3) is 0 Å². The van der Waals surface area contributed by atoms with Crippen molar-refractivity contribution in [1.29, 1.82) is 0 Å². The minimum absolute atomic E-state index is 0.262. The third kappa shape index (κ3) is 5.77. The highest BCUT2D eigenvalue weighted by atomic mass is 35.5. The maximum Gasteiger partial charge on any atom is 0.229 e. The Kier molecular flexibility index (Phi) is 7.17. The molecule has 3 heterocycles. The van der Waals surface area contributed by atoms with Gasteiger partial charge < -0.3 is 14.6 Å². The van der Waals surface area contributed by atoms with Gasteiger partial charge in [0.1, 0.15) is 11.8 Å². The Morgan fingerprint density at radius 3 is 2.57 bits per heavy atom. The Balaban J connectivity index is 1.52. The van der Waals surface area contributed by atoms with Crippen molar-refractivity contribution in [3.05, 3.63) is 101 Å². The minimum Gasteiger partial charge on any atom is -0.452 e. The number of hydrogen-bond donors (Lipinski definition) is 2. The molecule has 0 aliphatic carbocycles. The molecule has 5 rings (SSSR count). The lowest BCUT2D eigenvalue weighted by Crippen LogP contribution is -2.29. The van der Waals surface area contributed by atoms with Crippen LogP contribution in [-0.4, -0.2) is 24.8 Å². The van der Waals surface area contributed by atoms with E-state index >= 15 is 0 Å². The third-order valence-electron chi connectivity index (χ3n) is 5.81. The van der Waals surface area contributed by atoms with Crippen molar-refractivity contribution >= 4 is 62.1 Å². The van der Waals surface area contributed by atoms with E-state index in [2.05, 4.69) is 15.0 Å². The third-order valence-corrected chi connectivity index (χ3v) is 7.89. The van der Waals surface area contributed by atoms with Crippen molar-refractivity contribution in [3.63, 3.8) is 0 Å². The van der Waals surface area contributed by atoms with Gasteiger partial charge in [0.25, 0.3) is 0 Å². The van der Waals surface area contributed by atoms with E-state index in [1.807, 2.05) is 78.6 Å². The first-order valence-corrected chi connectivity index (χ1v) is 14.8. The lowest BCUT2D eigenvalue weighted by molar-refractivity contribution is 0.383. The number of pyridine rings is 1. The zero-order valence-electron chi connectivity index (χ0n) is 19.9. The number of aromatic nitrogens is 1. The van der Waals surface area contributed by atoms with E-state index in [-0.39, 0.29) is 12.1 Å². The highest BCUT2D eigenvalue weighted by Crippen LogP contribution is 2.44. The largest absolute Gasteiger partial charge is 0.452 e. The molecule has 2 aromatic heterocycles. The molecule has 0 amide bonds. The zero-order valence-corrected chi connectivity index (χ0v) is 23.1. The molecule has 37 heavy (non-hydrogen) atoms. The second-order valence-electron chi connectivity index (χ2n) is 8.58. The van der Waals surface area contributed by atoms with E-state index < -0.39 is 10.0 Å². The van der Waals surface area contributed by atoms with E-state index in [0.717, 1.165) is 38.9 Å². The standard InChI is InChI=1S/C26H23ClN4O3S3/c1-16-15-18(8-11-20(16)30-37(2,32)33)31-25(24(29-26(31)35)21-5-3-4-14-28-21)22-12-13-23(34-22)36-19-9-6-17(27)7-10-19/h3-15,24-25,30H,1-2H3,(H,29,35). The average molecular weight is 571 g/mol. The molecule has 11 heteroatoms. The number of anilines is 2. The van der Waals surface area contributed by atoms with Gasteiger partial charge in [-0.05, 0) is 91.4 Å². The van der Waals surface area contributed by atoms with Gasteiger partial charge in [0, 0.05) is 21.8 Å². The fourth-order valence-corrected chi connectivity index (χ4v) is 6.08. The number of nitrogens with one attached hydrogen (secondary N) is 2. The summed E-state index contributed by atoms with van der Waals surface area (Å²) in [4.78, 5) is 7.56. The molecule has 190 valence electrons. The maximum atomic E-state index is 11.8. The molecule has 2 atom stereocenters. The summed E-state index contributed by atoms with van der Waals surface area (Å²) in [6.45, 7) is 1.85. The summed E-state index contributed by atoms with van der Waals surface area (Å²) in [5, 5.41) is 5.34. The number of furan rings is 1. The number of nitrogens with zero attached hydrogens (tertiary/aromatic N) is 2. The van der Waals surface area contributed by atoms with Crippen molar-refractivity contribution in [1.82, 2.24) is 10.3 Å². The highest BCUT2D eigenvalue weighted by Gasteiger charge is 2.42. The first-order chi connectivity index (χ1) is 17.7. The summed E-state index contributed by atoms with van der Waals surface area (Å²) < 4.78 is 32.4. The Hall–Kier alpha value is -3.05. The number of halogens is 1. The molecule has 4 aromatic rings. The molecule has 0 bridgehead atoms. The Morgan fingerprint density at radius 2 is 1.89 bits per heavy atom. The summed E-state index contributed by atoms with van der Waals surface area (Å²) in [7, 11) is -3.40. The molecular formula is C26H23ClN4O3S3. The number of sulfonamides is 1. The monoisotopic (exact) mass is 570 g/mol. The van der Waals surface area contributed by atoms with Gasteiger partial charge in [0.05, 0.1) is 23.7 Å². The number of thiocarbonyl (C=S) groups is 1. The van der Waals surface area contributed by atoms with E-state index in [1.54, 1.807) is 12.3 Å². The number of hydrogen-bond acceptors (Lipinski definition) is 6. The predicted molar refractivity (Wildman–Crippen MR) is 152 cm³/mol. The lowest BCUT2D eigenvalue weighted by Gasteiger charge is -2.26. The van der Waals surface area contributed by atoms with Gasteiger partial charge in [-0.2, -0.15) is 0 Å². The molecule has 2 unspecified atom stereocenters. The van der Waals surface area contributed by atoms with Crippen LogP contribution in [0.5, 0.6) is 0 Å². The smallest absolute Gasteiger partial charge is 0.229 e. The van der Waals surface area contributed by atoms with Gasteiger partial charge in [-0.15, -0.1) is 0 Å². The van der Waals surface area contributed by atoms with Crippen molar-refractivity contribution in [2.75, 3.05) is 15.9 Å². The van der Waals surface area contributed by atoms with Crippen LogP contribution in [0.3, 0.4) is 0 Å². The first-order valence-electron chi connectivity index (χ1n) is 11.3. The molecule has 1 aliphatic heterocycles. The molecule has 2 aromatic carbocycles. The van der Waals surface area contributed by atoms with Gasteiger partial charge >= 0.3 is 0 Å². The van der Waals surface area contributed by atoms with Crippen LogP contribution in [0, 0.1) is 6.92 Å². The summed E-state index contributed by atoms with van der Waals surface area (Å²) in [5.74, 6) is 0.718. The van der Waals surface area contributed by atoms with Gasteiger partial charge in [0.15, 0.2) is 10.2 Å². The first kappa shape index (κ1) is 25.6. The second kappa shape index (κ2) is 10.4. The maximum absolute atomic E-state index is 11.8. The molecule has 1 saturated heterocycles. The molecule has 0 spiro atoms. The van der Waals surface area contributed by atoms with Gasteiger partial charge in [0.2, 0.25) is 10.0 Å². The average Bonchev–Trinajstić information content (AvgIpc) is 3.45. The van der Waals surface area contributed by atoms with Gasteiger partial charge in [-0.25, -0.2) is 8.42 Å². The molecule has 1 fully saturated rings. The van der Waals surface area contributed by atoms with Crippen molar-refractivity contribution in [2.45, 2.75) is 29.0 Å². The van der Waals surface area contributed by atoms with Gasteiger partial charge in [-0.1, -0.05) is 29.4 Å². The summed E-state index contributed by atoms with van der Waals surface area (Å²) >= 11 is 13.3. The molecule has 7 nitrogen and oxygen atoms in total. The summed E-state index contributed by atoms with van der Waals surface area (Å²) in [6.07, 6.45) is 2.88. The number of rotatable bonds is 7. The van der Waals surface area contributed by atoms with Crippen molar-refractivity contribution < 1.29 is 12.8 Å². The molecular weight excluding hydrogens is 548 g/mol. The minimum atomic E-state index is -3.40. The van der Waals surface area contributed by atoms with Crippen LogP contribution in [0.4, 0.5) is 11.4 Å². The van der Waals surface area contributed by atoms with E-state index in [0.29, 0.717) is 15.8 Å². The van der Waals surface area contributed by atoms with Crippen LogP contribution < -0.4 is 14.9 Å². The van der Waals surface area contributed by atoms with Crippen LogP contribution >= 0.6 is 35.6 Å². The fraction of sp³-hybridized carbons (Fsp3) is 0.154. The zero-order chi connectivity index (χ0) is 26.2. The molecule has 2 N–H and O–H groups in total. The van der Waals surface area contributed by atoms with Crippen molar-refractivity contribution in [3.8, 4) is 0 Å². The van der Waals surface area contributed by atoms with Gasteiger partial charge in [-0.3, -0.25) is 9.71 Å². The van der Waals surface area contributed by atoms with Crippen LogP contribution in [0.2, 0.25) is 5.02 Å². The topological polar surface area (TPSA) is 87.5 Å². The quantitative estimate of drug-likeness (QED) is 0.249. The molecule has 1 aliphatic rings. The van der Waals surface area contributed by atoms with Crippen LogP contribution in [0.1, 0.15) is 29.1 Å². The molecule has 0 radical (unpaired) electrons. The Labute approximate surface area is 230 Å². The summed E-state index contributed by atoms with van der Waals surface area (Å²) in [6, 6.07) is 22.1. The lowest BCUT2D eigenvalue weighted by atomic mass is 10.0. The van der Waals surface area contributed by atoms with E-state index in [1.165, 1.54) is 11.8 Å². The Morgan fingerprint density at radius 1 is 1.11 bits per heavy atom. The van der Waals surface area contributed by atoms with Crippen LogP contribution in [-0.2, 0) is 10.0 Å². The Bertz CT molecular complexity index is 1540. The fourth-order valence-electron chi connectivity index (χ4n) is 4.20. The highest BCUT2D eigenvalue weighted by molar-refractivity contribution is 7.99. The number of benzene rings is 2. The van der Waals surface area contributed by atoms with Crippen LogP contribution in [0.15, 0.2) is 93.4 Å². The van der Waals surface area contributed by atoms with E-state index in [4.69, 9.17) is 28.2 Å². The van der Waals surface area contributed by atoms with Crippen molar-refractivity contribution in [2.24, 2.45) is 0 Å². The summed E-state index contributed by atoms with van der Waals surface area (Å²) in [5.41, 5.74) is 2.92. The molecule has 0 saturated carbocycles. The van der Waals surface area contributed by atoms with E-state index in [9.17, 15) is 8.42 Å². The second-order valence-corrected chi connectivity index (χ2v) is 12.2. The predicted octanol–water partition coefficient (Wildman–Crippen LogP) is 6.34. The normalized spacial score (nSPS) is 17.6. The SMILES string of the molecule is Cc1cc(N2C(=S)NC(c3ccccn3)C2c2ccc(Sc3ccc(Cl)cc3)o2)ccc1NS(C)(=O)=O. The number of aryl methyl sites for hydroxylation is 1.